The van der Waals surface area contributed by atoms with E-state index in [9.17, 15) is 39.3 Å². The van der Waals surface area contributed by atoms with E-state index < -0.39 is 53.7 Å². The first kappa shape index (κ1) is 48.6. The number of ketones is 2. The highest BCUT2D eigenvalue weighted by Gasteiger charge is 2.48. The van der Waals surface area contributed by atoms with Gasteiger partial charge in [-0.15, -0.1) is 0 Å². The molecule has 0 aromatic rings. The van der Waals surface area contributed by atoms with Gasteiger partial charge in [0.15, 0.2) is 0 Å². The number of nitrogens with zero attached hydrogens (tertiary/aromatic N) is 1. The van der Waals surface area contributed by atoms with Crippen molar-refractivity contribution in [2.45, 2.75) is 176 Å². The average molecular weight is 802 g/mol. The summed E-state index contributed by atoms with van der Waals surface area (Å²) in [5, 5.41) is 33.2. The van der Waals surface area contributed by atoms with Gasteiger partial charge >= 0.3 is 5.97 Å². The molecule has 0 aromatic heterocycles. The van der Waals surface area contributed by atoms with Crippen molar-refractivity contribution in [1.29, 1.82) is 0 Å². The number of allylic oxidation sites excluding steroid dienone is 3. The Morgan fingerprint density at radius 1 is 0.947 bits per heavy atom. The van der Waals surface area contributed by atoms with Crippen LogP contribution in [0.3, 0.4) is 0 Å². The number of piperidine rings is 1. The maximum atomic E-state index is 14.2. The first-order valence-electron chi connectivity index (χ1n) is 21.9. The maximum absolute atomic E-state index is 14.2. The summed E-state index contributed by atoms with van der Waals surface area (Å²) in [6, 6.07) is -1.09. The predicted molar refractivity (Wildman–Crippen MR) is 220 cm³/mol. The minimum Gasteiger partial charge on any atom is -0.456 e. The van der Waals surface area contributed by atoms with E-state index in [1.807, 2.05) is 26.8 Å². The molecule has 0 radical (unpaired) electrons. The summed E-state index contributed by atoms with van der Waals surface area (Å²) < 4.78 is 11.8. The number of carbonyl (C=O) groups excluding carboxylic acids is 5. The molecular weight excluding hydrogens is 727 g/mol. The second-order valence-corrected chi connectivity index (χ2v) is 18.9. The zero-order valence-electron chi connectivity index (χ0n) is 36.4. The van der Waals surface area contributed by atoms with Crippen molar-refractivity contribution in [3.05, 3.63) is 23.3 Å². The standard InChI is InChI=1S/C46H75NO10/c1-28(2)20-37-25-32(6)23-30(4)21-29(3)22-31(5)24-35(9)46(54,55)43(51)44(52)47-17-11-10-12-38(47)45(53)57-42(33(7)13-15-39(37)49)34(8)26-36-14-16-41(40(50)27-36)56-19-18-48/h18,25-26,28-31,33,35-38,40-42,50,54-55H,10-17,19-24,27H2,1-9H3/b32-25+,34-26+/t29-,30?,31?,33+,35?,36-,37+,38?,40?,41+,42-/m0/s1. The summed E-state index contributed by atoms with van der Waals surface area (Å²) >= 11 is 0. The molecule has 3 N–H and O–H groups in total. The van der Waals surface area contributed by atoms with Gasteiger partial charge in [0.05, 0.1) is 12.2 Å². The molecule has 11 nitrogen and oxygen atoms in total. The lowest BCUT2D eigenvalue weighted by Crippen LogP contribution is -2.58. The molecule has 11 heteroatoms. The van der Waals surface area contributed by atoms with Crippen molar-refractivity contribution in [2.24, 2.45) is 47.3 Å². The highest BCUT2D eigenvalue weighted by Crippen LogP contribution is 2.34. The second-order valence-electron chi connectivity index (χ2n) is 18.9. The second kappa shape index (κ2) is 22.6. The zero-order chi connectivity index (χ0) is 42.6. The van der Waals surface area contributed by atoms with E-state index >= 15 is 0 Å². The number of carbonyl (C=O) groups is 5. The lowest BCUT2D eigenvalue weighted by atomic mass is 9.81. The third-order valence-electron chi connectivity index (χ3n) is 12.6. The predicted octanol–water partition coefficient (Wildman–Crippen LogP) is 6.93. The van der Waals surface area contributed by atoms with Crippen molar-refractivity contribution in [3.8, 4) is 0 Å². The quantitative estimate of drug-likeness (QED) is 0.0808. The number of rotatable bonds is 7. The van der Waals surface area contributed by atoms with Crippen LogP contribution >= 0.6 is 0 Å². The molecule has 0 spiro atoms. The molecule has 324 valence electrons. The number of ether oxygens (including phenoxy) is 2. The molecule has 2 heterocycles. The van der Waals surface area contributed by atoms with Gasteiger partial charge in [0.1, 0.15) is 30.8 Å². The highest BCUT2D eigenvalue weighted by molar-refractivity contribution is 6.39. The Morgan fingerprint density at radius 2 is 1.61 bits per heavy atom. The van der Waals surface area contributed by atoms with Gasteiger partial charge in [-0.1, -0.05) is 66.2 Å². The third-order valence-corrected chi connectivity index (χ3v) is 12.6. The molecule has 1 saturated heterocycles. The molecular formula is C46H75NO10. The molecule has 11 atom stereocenters. The van der Waals surface area contributed by atoms with E-state index in [-0.39, 0.29) is 49.0 Å². The summed E-state index contributed by atoms with van der Waals surface area (Å²) in [5.74, 6) is -6.28. The zero-order valence-corrected chi connectivity index (χ0v) is 36.4. The van der Waals surface area contributed by atoms with Crippen molar-refractivity contribution >= 4 is 29.7 Å². The van der Waals surface area contributed by atoms with Crippen molar-refractivity contribution in [3.63, 3.8) is 0 Å². The van der Waals surface area contributed by atoms with Crippen LogP contribution < -0.4 is 0 Å². The molecule has 0 bridgehead atoms. The summed E-state index contributed by atoms with van der Waals surface area (Å²) in [6.07, 6.45) is 10.4. The van der Waals surface area contributed by atoms with Gasteiger partial charge in [-0.25, -0.2) is 4.79 Å². The van der Waals surface area contributed by atoms with Crippen LogP contribution in [0.15, 0.2) is 23.3 Å². The number of fused-ring (bicyclic) bond motifs is 1. The first-order valence-corrected chi connectivity index (χ1v) is 21.9. The van der Waals surface area contributed by atoms with E-state index in [2.05, 4.69) is 40.7 Å². The molecule has 5 unspecified atom stereocenters. The number of aliphatic hydroxyl groups is 3. The van der Waals surface area contributed by atoms with Crippen LogP contribution in [-0.2, 0) is 33.4 Å². The summed E-state index contributed by atoms with van der Waals surface area (Å²) in [7, 11) is 0. The number of esters is 1. The Bertz CT molecular complexity index is 1420. The molecule has 57 heavy (non-hydrogen) atoms. The maximum Gasteiger partial charge on any atom is 0.329 e. The Balaban J connectivity index is 2.00. The number of aliphatic hydroxyl groups excluding tert-OH is 1. The van der Waals surface area contributed by atoms with Crippen LogP contribution in [0.2, 0.25) is 0 Å². The van der Waals surface area contributed by atoms with E-state index in [1.54, 1.807) is 6.92 Å². The monoisotopic (exact) mass is 802 g/mol. The minimum absolute atomic E-state index is 0.0478. The van der Waals surface area contributed by atoms with Crippen LogP contribution in [0.5, 0.6) is 0 Å². The number of cyclic esters (lactones) is 1. The summed E-state index contributed by atoms with van der Waals surface area (Å²) in [6.45, 7) is 18.2. The summed E-state index contributed by atoms with van der Waals surface area (Å²) in [5.41, 5.74) is 1.94. The van der Waals surface area contributed by atoms with Gasteiger partial charge in [-0.3, -0.25) is 14.4 Å². The van der Waals surface area contributed by atoms with Gasteiger partial charge in [0, 0.05) is 24.8 Å². The van der Waals surface area contributed by atoms with Gasteiger partial charge < -0.3 is 34.5 Å². The number of amides is 1. The van der Waals surface area contributed by atoms with Gasteiger partial charge in [-0.2, -0.15) is 0 Å². The van der Waals surface area contributed by atoms with Crippen molar-refractivity contribution < 1.29 is 48.8 Å². The van der Waals surface area contributed by atoms with E-state index in [4.69, 9.17) is 9.47 Å². The molecule has 1 saturated carbocycles. The van der Waals surface area contributed by atoms with Crippen LogP contribution in [0.25, 0.3) is 0 Å². The van der Waals surface area contributed by atoms with Crippen molar-refractivity contribution in [2.75, 3.05) is 13.2 Å². The molecule has 2 fully saturated rings. The fourth-order valence-corrected chi connectivity index (χ4v) is 9.80. The molecule has 1 amide bonds. The van der Waals surface area contributed by atoms with Crippen LogP contribution in [-0.4, -0.2) is 93.2 Å². The van der Waals surface area contributed by atoms with E-state index in [1.165, 1.54) is 5.57 Å². The highest BCUT2D eigenvalue weighted by atomic mass is 16.5. The molecule has 2 aliphatic heterocycles. The average Bonchev–Trinajstić information content (AvgIpc) is 3.13. The molecule has 3 rings (SSSR count). The Kier molecular flexibility index (Phi) is 19.3. The molecule has 3 aliphatic rings. The van der Waals surface area contributed by atoms with E-state index in [0.29, 0.717) is 75.4 Å². The third kappa shape index (κ3) is 14.5. The van der Waals surface area contributed by atoms with Crippen molar-refractivity contribution in [1.82, 2.24) is 4.90 Å². The van der Waals surface area contributed by atoms with Crippen LogP contribution in [0.1, 0.15) is 146 Å². The molecule has 1 aliphatic carbocycles. The first-order chi connectivity index (χ1) is 26.7. The fourth-order valence-electron chi connectivity index (χ4n) is 9.80. The minimum atomic E-state index is -2.90. The number of hydrogen-bond donors (Lipinski definition) is 3. The topological polar surface area (TPSA) is 168 Å². The normalized spacial score (nSPS) is 36.2. The van der Waals surface area contributed by atoms with Gasteiger partial charge in [-0.05, 0) is 132 Å². The lowest BCUT2D eigenvalue weighted by Gasteiger charge is -2.37. The number of Topliss-reactive ketones (excluding diaryl/α,β-unsaturated/α-hetero) is 2. The largest absolute Gasteiger partial charge is 0.456 e. The number of aldehydes is 1. The summed E-state index contributed by atoms with van der Waals surface area (Å²) in [4.78, 5) is 67.6. The smallest absolute Gasteiger partial charge is 0.329 e. The Labute approximate surface area is 342 Å². The Morgan fingerprint density at radius 3 is 2.26 bits per heavy atom. The van der Waals surface area contributed by atoms with Crippen LogP contribution in [0.4, 0.5) is 0 Å². The van der Waals surface area contributed by atoms with E-state index in [0.717, 1.165) is 36.2 Å². The van der Waals surface area contributed by atoms with Gasteiger partial charge in [0.2, 0.25) is 5.79 Å². The van der Waals surface area contributed by atoms with Gasteiger partial charge in [0.25, 0.3) is 11.7 Å². The Hall–Kier alpha value is -2.73. The molecule has 0 aromatic carbocycles. The fraction of sp³-hybridized carbons (Fsp3) is 0.804. The van der Waals surface area contributed by atoms with Crippen LogP contribution in [0, 0.1) is 47.3 Å². The SMILES string of the molecule is C/C1=C\[C@@H](CC(C)C)C(=O)CC[C@@H](C)[C@@H](/C(C)=C/[C@@H]2CC[C@@H](OCC=O)C(O)C2)OC(=O)C2CCCCN2C(=O)C(=O)C(O)(O)C(C)CC(C)C[C@@H](C)CC(C)C1. The number of hydrogen-bond acceptors (Lipinski definition) is 10. The lowest BCUT2D eigenvalue weighted by molar-refractivity contribution is -0.206.